The van der Waals surface area contributed by atoms with E-state index in [1.165, 1.54) is 38.3 Å². The molecule has 3 atom stereocenters. The van der Waals surface area contributed by atoms with Crippen LogP contribution in [0, 0.1) is 11.6 Å². The van der Waals surface area contributed by atoms with Gasteiger partial charge in [0.05, 0.1) is 7.11 Å². The Kier molecular flexibility index (Phi) is 6.09. The van der Waals surface area contributed by atoms with Crippen LogP contribution in [0.1, 0.15) is 30.9 Å². The second kappa shape index (κ2) is 8.07. The van der Waals surface area contributed by atoms with Crippen molar-refractivity contribution in [3.05, 3.63) is 65.2 Å². The zero-order valence-corrected chi connectivity index (χ0v) is 14.3. The summed E-state index contributed by atoms with van der Waals surface area (Å²) in [5.41, 5.74) is 6.89. The maximum absolute atomic E-state index is 13.5. The number of halogens is 2. The number of methoxy groups -OCH3 is 1. The van der Waals surface area contributed by atoms with E-state index in [9.17, 15) is 13.6 Å². The van der Waals surface area contributed by atoms with Crippen LogP contribution in [0.5, 0.6) is 5.75 Å². The van der Waals surface area contributed by atoms with Crippen LogP contribution in [0.25, 0.3) is 0 Å². The number of carbonyl (C=O) groups excluding carboxylic acids is 1. The van der Waals surface area contributed by atoms with Gasteiger partial charge in [0.25, 0.3) is 0 Å². The summed E-state index contributed by atoms with van der Waals surface area (Å²) in [6.45, 7) is 3.23. The second-order valence-electron chi connectivity index (χ2n) is 5.85. The van der Waals surface area contributed by atoms with E-state index in [0.717, 1.165) is 0 Å². The molecule has 2 aromatic carbocycles. The lowest BCUT2D eigenvalue weighted by Crippen LogP contribution is -2.33. The van der Waals surface area contributed by atoms with Gasteiger partial charge in [0, 0.05) is 17.5 Å². The Hall–Kier alpha value is -2.47. The van der Waals surface area contributed by atoms with E-state index in [2.05, 4.69) is 0 Å². The molecule has 2 N–H and O–H groups in total. The molecule has 4 nitrogen and oxygen atoms in total. The lowest BCUT2D eigenvalue weighted by Gasteiger charge is -2.27. The molecule has 2 aromatic rings. The summed E-state index contributed by atoms with van der Waals surface area (Å²) in [5.74, 6) is -1.54. The molecule has 0 aliphatic rings. The lowest BCUT2D eigenvalue weighted by atomic mass is 9.86. The van der Waals surface area contributed by atoms with Gasteiger partial charge in [-0.05, 0) is 37.6 Å². The molecule has 2 rings (SSSR count). The van der Waals surface area contributed by atoms with Crippen molar-refractivity contribution in [1.29, 1.82) is 0 Å². The molecule has 25 heavy (non-hydrogen) atoms. The summed E-state index contributed by atoms with van der Waals surface area (Å²) in [5, 5.41) is 0. The molecular weight excluding hydrogens is 328 g/mol. The molecule has 0 saturated heterocycles. The number of carbonyl (C=O) groups is 1. The Morgan fingerprint density at radius 2 is 1.64 bits per heavy atom. The molecule has 0 aliphatic heterocycles. The first-order chi connectivity index (χ1) is 11.8. The third kappa shape index (κ3) is 4.54. The first kappa shape index (κ1) is 18.9. The molecular formula is C19H21F2NO3. The summed E-state index contributed by atoms with van der Waals surface area (Å²) >= 11 is 0. The maximum Gasteiger partial charge on any atom is 0.322 e. The summed E-state index contributed by atoms with van der Waals surface area (Å²) in [7, 11) is 1.43. The van der Waals surface area contributed by atoms with E-state index < -0.39 is 29.9 Å². The fourth-order valence-corrected chi connectivity index (χ4v) is 2.67. The van der Waals surface area contributed by atoms with Gasteiger partial charge in [0.2, 0.25) is 0 Å². The molecule has 0 fully saturated rings. The topological polar surface area (TPSA) is 61.5 Å². The fourth-order valence-electron chi connectivity index (χ4n) is 2.67. The fraction of sp³-hybridized carbons (Fsp3) is 0.316. The van der Waals surface area contributed by atoms with E-state index in [1.54, 1.807) is 25.1 Å². The molecule has 0 spiro atoms. The smallest absolute Gasteiger partial charge is 0.322 e. The lowest BCUT2D eigenvalue weighted by molar-refractivity contribution is -0.150. The van der Waals surface area contributed by atoms with E-state index in [4.69, 9.17) is 15.2 Å². The van der Waals surface area contributed by atoms with Crippen molar-refractivity contribution in [2.75, 3.05) is 7.11 Å². The summed E-state index contributed by atoms with van der Waals surface area (Å²) in [4.78, 5) is 11.9. The van der Waals surface area contributed by atoms with Crippen molar-refractivity contribution in [2.45, 2.75) is 31.9 Å². The number of hydrogen-bond donors (Lipinski definition) is 1. The molecule has 0 radical (unpaired) electrons. The Bertz CT molecular complexity index is 732. The van der Waals surface area contributed by atoms with Crippen LogP contribution in [0.2, 0.25) is 0 Å². The number of benzene rings is 2. The van der Waals surface area contributed by atoms with Crippen LogP contribution in [0.3, 0.4) is 0 Å². The normalized spacial score (nSPS) is 14.5. The van der Waals surface area contributed by atoms with Crippen molar-refractivity contribution in [3.63, 3.8) is 0 Å². The number of esters is 1. The first-order valence-corrected chi connectivity index (χ1v) is 7.88. The van der Waals surface area contributed by atoms with Crippen LogP contribution in [0.4, 0.5) is 8.78 Å². The highest BCUT2D eigenvalue weighted by atomic mass is 19.1. The van der Waals surface area contributed by atoms with Gasteiger partial charge in [0.15, 0.2) is 0 Å². The average Bonchev–Trinajstić information content (AvgIpc) is 2.57. The third-order valence-corrected chi connectivity index (χ3v) is 3.90. The van der Waals surface area contributed by atoms with Gasteiger partial charge < -0.3 is 15.2 Å². The van der Waals surface area contributed by atoms with Crippen molar-refractivity contribution < 1.29 is 23.0 Å². The van der Waals surface area contributed by atoms with Gasteiger partial charge >= 0.3 is 5.97 Å². The molecule has 0 heterocycles. The molecule has 0 bridgehead atoms. The first-order valence-electron chi connectivity index (χ1n) is 7.88. The Balaban J connectivity index is 2.49. The van der Waals surface area contributed by atoms with Gasteiger partial charge in [-0.15, -0.1) is 0 Å². The van der Waals surface area contributed by atoms with Crippen LogP contribution in [-0.2, 0) is 9.53 Å². The number of hydrogen-bond acceptors (Lipinski definition) is 4. The standard InChI is InChI=1S/C19H21F2NO3/c1-11(22)19(23)25-12(2)18(13-4-6-14(20)7-5-13)16-9-8-15(21)10-17(16)24-3/h4-12,18H,22H2,1-3H3/t11-,12-,18+/m0/s1. The van der Waals surface area contributed by atoms with Gasteiger partial charge in [-0.2, -0.15) is 0 Å². The highest BCUT2D eigenvalue weighted by molar-refractivity contribution is 5.75. The molecule has 0 unspecified atom stereocenters. The van der Waals surface area contributed by atoms with Crippen LogP contribution in [0.15, 0.2) is 42.5 Å². The van der Waals surface area contributed by atoms with Crippen LogP contribution in [-0.4, -0.2) is 25.2 Å². The average molecular weight is 349 g/mol. The quantitative estimate of drug-likeness (QED) is 0.812. The van der Waals surface area contributed by atoms with Gasteiger partial charge in [-0.3, -0.25) is 4.79 Å². The zero-order chi connectivity index (χ0) is 18.6. The van der Waals surface area contributed by atoms with Crippen molar-refractivity contribution >= 4 is 5.97 Å². The molecule has 0 saturated carbocycles. The Morgan fingerprint density at radius 3 is 2.20 bits per heavy atom. The molecule has 6 heteroatoms. The van der Waals surface area contributed by atoms with E-state index in [0.29, 0.717) is 16.9 Å². The Morgan fingerprint density at radius 1 is 1.04 bits per heavy atom. The molecule has 0 aromatic heterocycles. The number of rotatable bonds is 6. The van der Waals surface area contributed by atoms with Gasteiger partial charge in [-0.1, -0.05) is 18.2 Å². The number of nitrogens with two attached hydrogens (primary N) is 1. The predicted molar refractivity (Wildman–Crippen MR) is 90.4 cm³/mol. The second-order valence-corrected chi connectivity index (χ2v) is 5.85. The molecule has 0 amide bonds. The highest BCUT2D eigenvalue weighted by Crippen LogP contribution is 2.36. The summed E-state index contributed by atoms with van der Waals surface area (Å²) < 4.78 is 37.5. The SMILES string of the molecule is COc1cc(F)ccc1[C@@H](c1ccc(F)cc1)[C@H](C)OC(=O)[C@H](C)N. The van der Waals surface area contributed by atoms with Crippen molar-refractivity contribution in [3.8, 4) is 5.75 Å². The third-order valence-electron chi connectivity index (χ3n) is 3.90. The predicted octanol–water partition coefficient (Wildman–Crippen LogP) is 3.38. The summed E-state index contributed by atoms with van der Waals surface area (Å²) in [6.07, 6.45) is -0.622. The molecule has 134 valence electrons. The van der Waals surface area contributed by atoms with Crippen LogP contribution >= 0.6 is 0 Å². The van der Waals surface area contributed by atoms with E-state index >= 15 is 0 Å². The highest BCUT2D eigenvalue weighted by Gasteiger charge is 2.28. The molecule has 0 aliphatic carbocycles. The largest absolute Gasteiger partial charge is 0.496 e. The van der Waals surface area contributed by atoms with Crippen molar-refractivity contribution in [1.82, 2.24) is 0 Å². The zero-order valence-electron chi connectivity index (χ0n) is 14.3. The minimum absolute atomic E-state index is 0.318. The van der Waals surface area contributed by atoms with Gasteiger partial charge in [0.1, 0.15) is 29.5 Å². The monoisotopic (exact) mass is 349 g/mol. The maximum atomic E-state index is 13.5. The van der Waals surface area contributed by atoms with Gasteiger partial charge in [-0.25, -0.2) is 8.78 Å². The minimum Gasteiger partial charge on any atom is -0.496 e. The van der Waals surface area contributed by atoms with Crippen LogP contribution < -0.4 is 10.5 Å². The Labute approximate surface area is 145 Å². The minimum atomic E-state index is -0.772. The summed E-state index contributed by atoms with van der Waals surface area (Å²) in [6, 6.07) is 9.18. The number of ether oxygens (including phenoxy) is 2. The van der Waals surface area contributed by atoms with E-state index in [-0.39, 0.29) is 5.82 Å². The van der Waals surface area contributed by atoms with Crippen molar-refractivity contribution in [2.24, 2.45) is 5.73 Å². The van der Waals surface area contributed by atoms with E-state index in [1.807, 2.05) is 0 Å².